The van der Waals surface area contributed by atoms with Crippen LogP contribution in [0.15, 0.2) is 60.7 Å². The van der Waals surface area contributed by atoms with Crippen molar-refractivity contribution >= 4 is 11.8 Å². The van der Waals surface area contributed by atoms with Gasteiger partial charge in [0.15, 0.2) is 0 Å². The van der Waals surface area contributed by atoms with Crippen molar-refractivity contribution in [3.63, 3.8) is 0 Å². The van der Waals surface area contributed by atoms with Gasteiger partial charge in [-0.2, -0.15) is 0 Å². The maximum Gasteiger partial charge on any atom is 0.236 e. The Morgan fingerprint density at radius 3 is 1.68 bits per heavy atom. The number of nitrogens with zero attached hydrogens (tertiary/aromatic N) is 1. The zero-order chi connectivity index (χ0) is 15.5. The first-order chi connectivity index (χ1) is 10.6. The molecule has 110 valence electrons. The molecule has 2 fully saturated rings. The number of hydrogen-bond donors (Lipinski definition) is 0. The summed E-state index contributed by atoms with van der Waals surface area (Å²) in [5, 5.41) is 0. The second-order valence-corrected chi connectivity index (χ2v) is 6.38. The lowest BCUT2D eigenvalue weighted by Gasteiger charge is -2.27. The Kier molecular flexibility index (Phi) is 2.45. The van der Waals surface area contributed by atoms with E-state index in [2.05, 4.69) is 0 Å². The van der Waals surface area contributed by atoms with Crippen LogP contribution < -0.4 is 0 Å². The van der Waals surface area contributed by atoms with Crippen molar-refractivity contribution in [1.82, 2.24) is 4.90 Å². The largest absolute Gasteiger partial charge is 0.285 e. The minimum Gasteiger partial charge on any atom is -0.285 e. The summed E-state index contributed by atoms with van der Waals surface area (Å²) in [6.07, 6.45) is 0. The minimum absolute atomic E-state index is 0.0693. The molecule has 2 aliphatic rings. The van der Waals surface area contributed by atoms with E-state index in [9.17, 15) is 9.59 Å². The van der Waals surface area contributed by atoms with Crippen LogP contribution >= 0.6 is 0 Å². The van der Waals surface area contributed by atoms with E-state index < -0.39 is 10.8 Å². The highest BCUT2D eigenvalue weighted by Crippen LogP contribution is 2.76. The number of fused-ring (bicyclic) bond motifs is 1. The summed E-state index contributed by atoms with van der Waals surface area (Å²) in [6, 6.07) is 19.9. The topological polar surface area (TPSA) is 37.4 Å². The smallest absolute Gasteiger partial charge is 0.236 e. The average molecular weight is 291 g/mol. The van der Waals surface area contributed by atoms with Crippen molar-refractivity contribution in [3.8, 4) is 0 Å². The molecule has 0 bridgehead atoms. The highest BCUT2D eigenvalue weighted by molar-refractivity contribution is 6.15. The Bertz CT molecular complexity index is 729. The quantitative estimate of drug-likeness (QED) is 0.798. The number of carbonyl (C=O) groups excluding carboxylic acids is 2. The second kappa shape index (κ2) is 4.07. The van der Waals surface area contributed by atoms with Gasteiger partial charge in [0.25, 0.3) is 0 Å². The van der Waals surface area contributed by atoms with Crippen LogP contribution in [0.1, 0.15) is 18.1 Å². The van der Waals surface area contributed by atoms with Gasteiger partial charge in [-0.05, 0) is 18.1 Å². The molecule has 0 N–H and O–H groups in total. The fourth-order valence-electron chi connectivity index (χ4n) is 4.49. The lowest BCUT2D eigenvalue weighted by atomic mass is 9.79. The highest BCUT2D eigenvalue weighted by Gasteiger charge is 2.86. The van der Waals surface area contributed by atoms with Gasteiger partial charge in [-0.25, -0.2) is 0 Å². The van der Waals surface area contributed by atoms with Crippen LogP contribution in [-0.2, 0) is 15.0 Å². The predicted octanol–water partition coefficient (Wildman–Crippen LogP) is 2.61. The van der Waals surface area contributed by atoms with Crippen molar-refractivity contribution < 1.29 is 9.59 Å². The fourth-order valence-corrected chi connectivity index (χ4v) is 4.49. The standard InChI is InChI=1S/C19H17NO2/c1-18-15(16(21)20(2)17(18)22)19(18,13-9-5-3-6-10-13)14-11-7-4-8-12-14/h3-12,15H,1-2H3/t15-,18+/m1/s1. The molecule has 2 amide bonds. The first kappa shape index (κ1) is 13.3. The van der Waals surface area contributed by atoms with Crippen molar-refractivity contribution in [2.75, 3.05) is 7.05 Å². The summed E-state index contributed by atoms with van der Waals surface area (Å²) in [5.41, 5.74) is 0.879. The normalized spacial score (nSPS) is 28.6. The van der Waals surface area contributed by atoms with Crippen molar-refractivity contribution in [3.05, 3.63) is 71.8 Å². The van der Waals surface area contributed by atoms with Crippen LogP contribution in [-0.4, -0.2) is 23.8 Å². The molecule has 2 aromatic rings. The summed E-state index contributed by atoms with van der Waals surface area (Å²) < 4.78 is 0. The van der Waals surface area contributed by atoms with E-state index in [0.717, 1.165) is 11.1 Å². The van der Waals surface area contributed by atoms with Crippen LogP contribution in [0.3, 0.4) is 0 Å². The van der Waals surface area contributed by atoms with Gasteiger partial charge in [0.2, 0.25) is 11.8 Å². The molecule has 2 aromatic carbocycles. The predicted molar refractivity (Wildman–Crippen MR) is 83.0 cm³/mol. The van der Waals surface area contributed by atoms with E-state index >= 15 is 0 Å². The SMILES string of the molecule is CN1C(=O)[C@H]2C(c3ccccc3)(c3ccccc3)[C@]2(C)C1=O. The zero-order valence-electron chi connectivity index (χ0n) is 12.6. The second-order valence-electron chi connectivity index (χ2n) is 6.38. The minimum atomic E-state index is -0.679. The molecule has 1 aliphatic carbocycles. The van der Waals surface area contributed by atoms with Crippen molar-refractivity contribution in [2.45, 2.75) is 12.3 Å². The number of amides is 2. The monoisotopic (exact) mass is 291 g/mol. The van der Waals surface area contributed by atoms with Gasteiger partial charge in [-0.1, -0.05) is 60.7 Å². The Labute approximate surface area is 129 Å². The summed E-state index contributed by atoms with van der Waals surface area (Å²) in [6.45, 7) is 1.93. The third-order valence-corrected chi connectivity index (χ3v) is 5.53. The molecule has 3 nitrogen and oxygen atoms in total. The lowest BCUT2D eigenvalue weighted by molar-refractivity contribution is -0.141. The molecule has 4 rings (SSSR count). The van der Waals surface area contributed by atoms with E-state index in [-0.39, 0.29) is 17.7 Å². The van der Waals surface area contributed by atoms with Gasteiger partial charge in [0.1, 0.15) is 0 Å². The highest BCUT2D eigenvalue weighted by atomic mass is 16.2. The molecule has 0 radical (unpaired) electrons. The molecular weight excluding hydrogens is 274 g/mol. The Morgan fingerprint density at radius 1 is 0.864 bits per heavy atom. The number of imide groups is 1. The molecule has 22 heavy (non-hydrogen) atoms. The Balaban J connectivity index is 1.99. The fraction of sp³-hybridized carbons (Fsp3) is 0.263. The van der Waals surface area contributed by atoms with E-state index in [1.165, 1.54) is 4.90 Å². The van der Waals surface area contributed by atoms with Gasteiger partial charge in [-0.3, -0.25) is 14.5 Å². The molecule has 2 atom stereocenters. The average Bonchev–Trinajstić information content (AvgIpc) is 3.11. The summed E-state index contributed by atoms with van der Waals surface area (Å²) >= 11 is 0. The number of hydrogen-bond acceptors (Lipinski definition) is 2. The molecule has 1 saturated heterocycles. The Morgan fingerprint density at radius 2 is 1.32 bits per heavy atom. The van der Waals surface area contributed by atoms with Gasteiger partial charge in [0, 0.05) is 12.5 Å². The molecule has 0 spiro atoms. The summed E-state index contributed by atoms with van der Waals surface area (Å²) in [7, 11) is 1.59. The third-order valence-electron chi connectivity index (χ3n) is 5.53. The van der Waals surface area contributed by atoms with Gasteiger partial charge >= 0.3 is 0 Å². The van der Waals surface area contributed by atoms with E-state index in [1.54, 1.807) is 7.05 Å². The van der Waals surface area contributed by atoms with Crippen LogP contribution in [0.2, 0.25) is 0 Å². The number of piperidine rings is 1. The summed E-state index contributed by atoms with van der Waals surface area (Å²) in [5.74, 6) is -0.447. The molecule has 0 unspecified atom stereocenters. The van der Waals surface area contributed by atoms with E-state index in [4.69, 9.17) is 0 Å². The third kappa shape index (κ3) is 1.23. The summed E-state index contributed by atoms with van der Waals surface area (Å²) in [4.78, 5) is 26.7. The lowest BCUT2D eigenvalue weighted by Crippen LogP contribution is -2.39. The maximum atomic E-state index is 12.7. The number of likely N-dealkylation sites (tertiary alicyclic amines) is 1. The van der Waals surface area contributed by atoms with Gasteiger partial charge in [0.05, 0.1) is 11.3 Å². The van der Waals surface area contributed by atoms with Crippen molar-refractivity contribution in [2.24, 2.45) is 11.3 Å². The van der Waals surface area contributed by atoms with Crippen LogP contribution in [0.25, 0.3) is 0 Å². The molecule has 1 saturated carbocycles. The first-order valence-electron chi connectivity index (χ1n) is 7.49. The van der Waals surface area contributed by atoms with E-state index in [1.807, 2.05) is 67.6 Å². The first-order valence-corrected chi connectivity index (χ1v) is 7.49. The maximum absolute atomic E-state index is 12.7. The van der Waals surface area contributed by atoms with Gasteiger partial charge < -0.3 is 0 Å². The zero-order valence-corrected chi connectivity index (χ0v) is 12.6. The number of benzene rings is 2. The molecule has 0 aromatic heterocycles. The van der Waals surface area contributed by atoms with Crippen LogP contribution in [0, 0.1) is 11.3 Å². The van der Waals surface area contributed by atoms with Gasteiger partial charge in [-0.15, -0.1) is 0 Å². The number of rotatable bonds is 2. The molecule has 3 heteroatoms. The molecular formula is C19H17NO2. The Hall–Kier alpha value is -2.42. The van der Waals surface area contributed by atoms with Crippen molar-refractivity contribution in [1.29, 1.82) is 0 Å². The van der Waals surface area contributed by atoms with Crippen LogP contribution in [0.4, 0.5) is 0 Å². The molecule has 1 aliphatic heterocycles. The molecule has 1 heterocycles. The van der Waals surface area contributed by atoms with E-state index in [0.29, 0.717) is 0 Å². The van der Waals surface area contributed by atoms with Crippen LogP contribution in [0.5, 0.6) is 0 Å². The number of carbonyl (C=O) groups is 2.